The van der Waals surface area contributed by atoms with Gasteiger partial charge in [-0.15, -0.1) is 11.3 Å². The molecule has 0 saturated carbocycles. The van der Waals surface area contributed by atoms with Crippen LogP contribution in [-0.2, 0) is 12.6 Å². The molecule has 0 aliphatic rings. The molecule has 0 atom stereocenters. The minimum Gasteiger partial charge on any atom is -0.477 e. The Morgan fingerprint density at radius 3 is 2.70 bits per heavy atom. The molecule has 0 aliphatic carbocycles. The van der Waals surface area contributed by atoms with Crippen molar-refractivity contribution in [2.45, 2.75) is 19.5 Å². The highest BCUT2D eigenvalue weighted by molar-refractivity contribution is 7.13. The van der Waals surface area contributed by atoms with Crippen molar-refractivity contribution in [1.29, 1.82) is 0 Å². The minimum atomic E-state index is -4.41. The predicted molar refractivity (Wildman–Crippen MR) is 68.1 cm³/mol. The lowest BCUT2D eigenvalue weighted by Crippen LogP contribution is -2.06. The summed E-state index contributed by atoms with van der Waals surface area (Å²) in [6.07, 6.45) is -4.35. The molecule has 106 valence electrons. The Morgan fingerprint density at radius 2 is 2.10 bits per heavy atom. The third kappa shape index (κ3) is 3.16. The van der Waals surface area contributed by atoms with Gasteiger partial charge in [-0.3, -0.25) is 0 Å². The second kappa shape index (κ2) is 5.24. The molecule has 0 aliphatic heterocycles. The highest BCUT2D eigenvalue weighted by atomic mass is 32.1. The van der Waals surface area contributed by atoms with E-state index in [1.807, 2.05) is 0 Å². The fourth-order valence-corrected chi connectivity index (χ4v) is 2.58. The van der Waals surface area contributed by atoms with Gasteiger partial charge in [0.15, 0.2) is 0 Å². The quantitative estimate of drug-likeness (QED) is 0.939. The fourth-order valence-electron chi connectivity index (χ4n) is 1.81. The summed E-state index contributed by atoms with van der Waals surface area (Å²) in [5.74, 6) is -1.11. The summed E-state index contributed by atoms with van der Waals surface area (Å²) >= 11 is 1.02. The molecule has 0 saturated heterocycles. The second-order valence-electron chi connectivity index (χ2n) is 4.19. The number of carboxylic acids is 1. The van der Waals surface area contributed by atoms with Gasteiger partial charge in [0, 0.05) is 6.42 Å². The van der Waals surface area contributed by atoms with Crippen LogP contribution in [0.1, 0.15) is 31.5 Å². The second-order valence-corrected chi connectivity index (χ2v) is 5.39. The highest BCUT2D eigenvalue weighted by Crippen LogP contribution is 2.30. The standard InChI is InChI=1S/C13H10F3NO2S/c1-7-17-10(11(20-7)12(18)19)6-8-3-2-4-9(5-8)13(14,15)16/h2-5H,6H2,1H3,(H,18,19). The number of hydrogen-bond acceptors (Lipinski definition) is 3. The zero-order chi connectivity index (χ0) is 14.9. The largest absolute Gasteiger partial charge is 0.477 e. The van der Waals surface area contributed by atoms with Gasteiger partial charge in [0.25, 0.3) is 0 Å². The molecule has 1 aromatic carbocycles. The summed E-state index contributed by atoms with van der Waals surface area (Å²) in [5, 5.41) is 9.60. The first kappa shape index (κ1) is 14.5. The van der Waals surface area contributed by atoms with Crippen molar-refractivity contribution in [3.05, 3.63) is 51.0 Å². The van der Waals surface area contributed by atoms with E-state index in [4.69, 9.17) is 5.11 Å². The number of aryl methyl sites for hydroxylation is 1. The van der Waals surface area contributed by atoms with Gasteiger partial charge in [-0.25, -0.2) is 9.78 Å². The van der Waals surface area contributed by atoms with Crippen LogP contribution in [0.25, 0.3) is 0 Å². The number of carbonyl (C=O) groups is 1. The number of thiazole rings is 1. The Hall–Kier alpha value is -1.89. The topological polar surface area (TPSA) is 50.2 Å². The molecule has 0 amide bonds. The van der Waals surface area contributed by atoms with Crippen molar-refractivity contribution in [1.82, 2.24) is 4.98 Å². The maximum Gasteiger partial charge on any atom is 0.416 e. The lowest BCUT2D eigenvalue weighted by Gasteiger charge is -2.08. The van der Waals surface area contributed by atoms with Crippen molar-refractivity contribution in [2.75, 3.05) is 0 Å². The SMILES string of the molecule is Cc1nc(Cc2cccc(C(F)(F)F)c2)c(C(=O)O)s1. The van der Waals surface area contributed by atoms with E-state index in [0.29, 0.717) is 16.3 Å². The number of halogens is 3. The predicted octanol–water partition coefficient (Wildman–Crippen LogP) is 3.76. The van der Waals surface area contributed by atoms with E-state index in [1.165, 1.54) is 12.1 Å². The first-order chi connectivity index (χ1) is 9.27. The van der Waals surface area contributed by atoms with Gasteiger partial charge in [0.2, 0.25) is 0 Å². The Balaban J connectivity index is 2.33. The van der Waals surface area contributed by atoms with Crippen LogP contribution in [0.15, 0.2) is 24.3 Å². The van der Waals surface area contributed by atoms with Gasteiger partial charge in [0.1, 0.15) is 4.88 Å². The number of rotatable bonds is 3. The van der Waals surface area contributed by atoms with Crippen LogP contribution in [0, 0.1) is 6.92 Å². The van der Waals surface area contributed by atoms with Gasteiger partial charge >= 0.3 is 12.1 Å². The van der Waals surface area contributed by atoms with Crippen molar-refractivity contribution in [3.8, 4) is 0 Å². The number of aromatic carboxylic acids is 1. The number of aromatic nitrogens is 1. The average Bonchev–Trinajstić information content (AvgIpc) is 2.69. The Kier molecular flexibility index (Phi) is 3.80. The maximum atomic E-state index is 12.6. The molecular weight excluding hydrogens is 291 g/mol. The Labute approximate surface area is 116 Å². The summed E-state index contributed by atoms with van der Waals surface area (Å²) in [6, 6.07) is 4.82. The van der Waals surface area contributed by atoms with Crippen LogP contribution in [-0.4, -0.2) is 16.1 Å². The van der Waals surface area contributed by atoms with Crippen LogP contribution in [0.4, 0.5) is 13.2 Å². The van der Waals surface area contributed by atoms with Crippen LogP contribution in [0.5, 0.6) is 0 Å². The van der Waals surface area contributed by atoms with Crippen molar-refractivity contribution in [2.24, 2.45) is 0 Å². The van der Waals surface area contributed by atoms with Crippen molar-refractivity contribution < 1.29 is 23.1 Å². The molecule has 0 bridgehead atoms. The van der Waals surface area contributed by atoms with Crippen molar-refractivity contribution >= 4 is 17.3 Å². The van der Waals surface area contributed by atoms with Crippen LogP contribution < -0.4 is 0 Å². The van der Waals surface area contributed by atoms with Crippen molar-refractivity contribution in [3.63, 3.8) is 0 Å². The molecule has 0 spiro atoms. The summed E-state index contributed by atoms with van der Waals surface area (Å²) in [6.45, 7) is 1.66. The van der Waals surface area contributed by atoms with E-state index in [2.05, 4.69) is 4.98 Å². The van der Waals surface area contributed by atoms with Gasteiger partial charge in [0.05, 0.1) is 16.3 Å². The fraction of sp³-hybridized carbons (Fsp3) is 0.231. The smallest absolute Gasteiger partial charge is 0.416 e. The summed E-state index contributed by atoms with van der Waals surface area (Å²) in [7, 11) is 0. The van der Waals surface area contributed by atoms with Gasteiger partial charge in [-0.2, -0.15) is 13.2 Å². The van der Waals surface area contributed by atoms with E-state index in [9.17, 15) is 18.0 Å². The molecule has 3 nitrogen and oxygen atoms in total. The molecule has 1 aromatic heterocycles. The summed E-state index contributed by atoms with van der Waals surface area (Å²) in [5.41, 5.74) is -0.0780. The van der Waals surface area contributed by atoms with E-state index in [-0.39, 0.29) is 11.3 Å². The number of alkyl halides is 3. The van der Waals surface area contributed by atoms with Gasteiger partial charge < -0.3 is 5.11 Å². The monoisotopic (exact) mass is 301 g/mol. The first-order valence-corrected chi connectivity index (χ1v) is 6.45. The third-order valence-corrected chi connectivity index (χ3v) is 3.63. The van der Waals surface area contributed by atoms with E-state index >= 15 is 0 Å². The molecule has 0 fully saturated rings. The molecule has 0 radical (unpaired) electrons. The highest BCUT2D eigenvalue weighted by Gasteiger charge is 2.30. The minimum absolute atomic E-state index is 0.0654. The summed E-state index contributed by atoms with van der Waals surface area (Å²) in [4.78, 5) is 15.2. The van der Waals surface area contributed by atoms with E-state index < -0.39 is 17.7 Å². The zero-order valence-electron chi connectivity index (χ0n) is 10.4. The van der Waals surface area contributed by atoms with E-state index in [1.54, 1.807) is 6.92 Å². The number of benzene rings is 1. The summed E-state index contributed by atoms with van der Waals surface area (Å²) < 4.78 is 37.8. The van der Waals surface area contributed by atoms with Crippen LogP contribution in [0.2, 0.25) is 0 Å². The van der Waals surface area contributed by atoms with Crippen LogP contribution in [0.3, 0.4) is 0 Å². The first-order valence-electron chi connectivity index (χ1n) is 5.63. The lowest BCUT2D eigenvalue weighted by atomic mass is 10.1. The van der Waals surface area contributed by atoms with Gasteiger partial charge in [-0.05, 0) is 18.6 Å². The van der Waals surface area contributed by atoms with Crippen LogP contribution >= 0.6 is 11.3 Å². The average molecular weight is 301 g/mol. The zero-order valence-corrected chi connectivity index (χ0v) is 11.2. The van der Waals surface area contributed by atoms with E-state index in [0.717, 1.165) is 23.5 Å². The molecule has 1 N–H and O–H groups in total. The molecule has 1 heterocycles. The third-order valence-electron chi connectivity index (χ3n) is 2.62. The number of nitrogens with zero attached hydrogens (tertiary/aromatic N) is 1. The molecule has 0 unspecified atom stereocenters. The Morgan fingerprint density at radius 1 is 1.40 bits per heavy atom. The normalized spacial score (nSPS) is 11.6. The molecular formula is C13H10F3NO2S. The van der Waals surface area contributed by atoms with Gasteiger partial charge in [-0.1, -0.05) is 18.2 Å². The Bertz CT molecular complexity index is 649. The molecule has 20 heavy (non-hydrogen) atoms. The number of carboxylic acid groups (broad SMARTS) is 1. The number of hydrogen-bond donors (Lipinski definition) is 1. The molecule has 2 rings (SSSR count). The lowest BCUT2D eigenvalue weighted by molar-refractivity contribution is -0.137. The molecule has 7 heteroatoms. The molecule has 2 aromatic rings. The maximum absolute atomic E-state index is 12.6.